The SMILES string of the molecule is CCCCNC(=O)C(C)N(Cc1ccccc1C)C(=O)CSCc1c(Cl)cccc1Cl. The summed E-state index contributed by atoms with van der Waals surface area (Å²) in [6.45, 7) is 6.88. The van der Waals surface area contributed by atoms with Gasteiger partial charge in [0.15, 0.2) is 0 Å². The first-order valence-corrected chi connectivity index (χ1v) is 12.4. The lowest BCUT2D eigenvalue weighted by molar-refractivity contribution is -0.138. The number of thioether (sulfide) groups is 1. The molecule has 7 heteroatoms. The van der Waals surface area contributed by atoms with E-state index in [9.17, 15) is 9.59 Å². The number of hydrogen-bond acceptors (Lipinski definition) is 3. The number of amides is 2. The minimum Gasteiger partial charge on any atom is -0.354 e. The Kier molecular flexibility index (Phi) is 10.7. The number of halogens is 2. The van der Waals surface area contributed by atoms with Crippen LogP contribution in [0.15, 0.2) is 42.5 Å². The topological polar surface area (TPSA) is 49.4 Å². The highest BCUT2D eigenvalue weighted by Gasteiger charge is 2.26. The number of carbonyl (C=O) groups is 2. The molecule has 0 heterocycles. The van der Waals surface area contributed by atoms with Gasteiger partial charge in [-0.25, -0.2) is 0 Å². The quantitative estimate of drug-likeness (QED) is 0.409. The van der Waals surface area contributed by atoms with Crippen LogP contribution >= 0.6 is 35.0 Å². The van der Waals surface area contributed by atoms with Crippen molar-refractivity contribution in [2.24, 2.45) is 0 Å². The Morgan fingerprint density at radius 3 is 2.42 bits per heavy atom. The first-order chi connectivity index (χ1) is 14.8. The molecule has 1 N–H and O–H groups in total. The van der Waals surface area contributed by atoms with E-state index in [0.29, 0.717) is 28.9 Å². The maximum atomic E-state index is 13.2. The third-order valence-electron chi connectivity index (χ3n) is 5.13. The number of nitrogens with one attached hydrogen (secondary N) is 1. The monoisotopic (exact) mass is 480 g/mol. The average Bonchev–Trinajstić information content (AvgIpc) is 2.74. The predicted molar refractivity (Wildman–Crippen MR) is 132 cm³/mol. The van der Waals surface area contributed by atoms with Crippen LogP contribution in [0.2, 0.25) is 10.0 Å². The summed E-state index contributed by atoms with van der Waals surface area (Å²) < 4.78 is 0. The van der Waals surface area contributed by atoms with Crippen molar-refractivity contribution >= 4 is 46.8 Å². The Bertz CT molecular complexity index is 871. The van der Waals surface area contributed by atoms with Gasteiger partial charge in [0.05, 0.1) is 5.75 Å². The fraction of sp³-hybridized carbons (Fsp3) is 0.417. The molecule has 0 saturated heterocycles. The number of carbonyl (C=O) groups excluding carboxylic acids is 2. The van der Waals surface area contributed by atoms with Gasteiger partial charge in [-0.15, -0.1) is 11.8 Å². The highest BCUT2D eigenvalue weighted by molar-refractivity contribution is 7.99. The molecule has 2 aromatic carbocycles. The zero-order valence-corrected chi connectivity index (χ0v) is 20.6. The van der Waals surface area contributed by atoms with E-state index in [1.54, 1.807) is 30.0 Å². The summed E-state index contributed by atoms with van der Waals surface area (Å²) in [6, 6.07) is 12.7. The van der Waals surface area contributed by atoms with E-state index in [0.717, 1.165) is 29.5 Å². The third kappa shape index (κ3) is 7.74. The Labute approximate surface area is 199 Å². The molecule has 0 saturated carbocycles. The van der Waals surface area contributed by atoms with Crippen LogP contribution in [0.3, 0.4) is 0 Å². The van der Waals surface area contributed by atoms with E-state index in [4.69, 9.17) is 23.2 Å². The predicted octanol–water partition coefficient (Wildman–Crippen LogP) is 5.87. The lowest BCUT2D eigenvalue weighted by Gasteiger charge is -2.29. The fourth-order valence-corrected chi connectivity index (χ4v) is 4.73. The van der Waals surface area contributed by atoms with Crippen LogP contribution in [0.5, 0.6) is 0 Å². The third-order valence-corrected chi connectivity index (χ3v) is 6.78. The van der Waals surface area contributed by atoms with Gasteiger partial charge in [-0.2, -0.15) is 0 Å². The van der Waals surface area contributed by atoms with Crippen molar-refractivity contribution in [1.29, 1.82) is 0 Å². The Hall–Kier alpha value is -1.69. The highest BCUT2D eigenvalue weighted by atomic mass is 35.5. The Morgan fingerprint density at radius 1 is 1.10 bits per heavy atom. The molecule has 0 aliphatic rings. The first-order valence-electron chi connectivity index (χ1n) is 10.5. The molecule has 0 aliphatic carbocycles. The molecule has 31 heavy (non-hydrogen) atoms. The van der Waals surface area contributed by atoms with Crippen LogP contribution < -0.4 is 5.32 Å². The van der Waals surface area contributed by atoms with Gasteiger partial charge in [-0.1, -0.05) is 66.9 Å². The average molecular weight is 481 g/mol. The van der Waals surface area contributed by atoms with Gasteiger partial charge < -0.3 is 10.2 Å². The van der Waals surface area contributed by atoms with Crippen molar-refractivity contribution < 1.29 is 9.59 Å². The maximum absolute atomic E-state index is 13.2. The second kappa shape index (κ2) is 13.0. The van der Waals surface area contributed by atoms with Crippen LogP contribution in [0.4, 0.5) is 0 Å². The lowest BCUT2D eigenvalue weighted by atomic mass is 10.1. The molecule has 2 rings (SSSR count). The van der Waals surface area contributed by atoms with Crippen LogP contribution in [-0.4, -0.2) is 35.1 Å². The van der Waals surface area contributed by atoms with Crippen LogP contribution in [0.25, 0.3) is 0 Å². The van der Waals surface area contributed by atoms with Crippen molar-refractivity contribution in [1.82, 2.24) is 10.2 Å². The highest BCUT2D eigenvalue weighted by Crippen LogP contribution is 2.28. The summed E-state index contributed by atoms with van der Waals surface area (Å²) in [4.78, 5) is 27.5. The van der Waals surface area contributed by atoms with E-state index < -0.39 is 6.04 Å². The molecule has 4 nitrogen and oxygen atoms in total. The summed E-state index contributed by atoms with van der Waals surface area (Å²) in [6.07, 6.45) is 1.92. The molecule has 168 valence electrons. The van der Waals surface area contributed by atoms with E-state index in [1.807, 2.05) is 31.2 Å². The molecule has 0 aromatic heterocycles. The van der Waals surface area contributed by atoms with Crippen LogP contribution in [-0.2, 0) is 21.9 Å². The standard InChI is InChI=1S/C24H30Cl2N2O2S/c1-4-5-13-27-24(30)18(3)28(14-19-10-7-6-9-17(19)2)23(29)16-31-15-20-21(25)11-8-12-22(20)26/h6-12,18H,4-5,13-16H2,1-3H3,(H,27,30). The van der Waals surface area contributed by atoms with Crippen LogP contribution in [0, 0.1) is 6.92 Å². The summed E-state index contributed by atoms with van der Waals surface area (Å²) in [7, 11) is 0. The molecular weight excluding hydrogens is 451 g/mol. The minimum absolute atomic E-state index is 0.0884. The van der Waals surface area contributed by atoms with Gasteiger partial charge in [0, 0.05) is 28.9 Å². The summed E-state index contributed by atoms with van der Waals surface area (Å²) in [5.74, 6) is 0.545. The van der Waals surface area contributed by atoms with Crippen molar-refractivity contribution in [2.45, 2.75) is 52.0 Å². The van der Waals surface area contributed by atoms with Crippen molar-refractivity contribution in [3.63, 3.8) is 0 Å². The lowest BCUT2D eigenvalue weighted by Crippen LogP contribution is -2.48. The number of hydrogen-bond donors (Lipinski definition) is 1. The van der Waals surface area contributed by atoms with Crippen LogP contribution in [0.1, 0.15) is 43.4 Å². The van der Waals surface area contributed by atoms with Gasteiger partial charge in [0.1, 0.15) is 6.04 Å². The largest absolute Gasteiger partial charge is 0.354 e. The molecule has 0 spiro atoms. The first kappa shape index (κ1) is 25.6. The molecule has 0 aliphatic heterocycles. The smallest absolute Gasteiger partial charge is 0.242 e. The number of benzene rings is 2. The molecule has 0 fully saturated rings. The number of nitrogens with zero attached hydrogens (tertiary/aromatic N) is 1. The normalized spacial score (nSPS) is 11.8. The molecule has 2 aromatic rings. The van der Waals surface area contributed by atoms with Crippen molar-refractivity contribution in [2.75, 3.05) is 12.3 Å². The Morgan fingerprint density at radius 2 is 1.77 bits per heavy atom. The maximum Gasteiger partial charge on any atom is 0.242 e. The van der Waals surface area contributed by atoms with Gasteiger partial charge in [-0.05, 0) is 49.1 Å². The summed E-state index contributed by atoms with van der Waals surface area (Å²) in [5, 5.41) is 4.12. The molecule has 0 bridgehead atoms. The van der Waals surface area contributed by atoms with Crippen molar-refractivity contribution in [3.8, 4) is 0 Å². The number of rotatable bonds is 11. The van der Waals surface area contributed by atoms with Gasteiger partial charge in [0.25, 0.3) is 0 Å². The second-order valence-electron chi connectivity index (χ2n) is 7.46. The number of unbranched alkanes of at least 4 members (excludes halogenated alkanes) is 1. The molecule has 0 radical (unpaired) electrons. The summed E-state index contributed by atoms with van der Waals surface area (Å²) >= 11 is 13.9. The van der Waals surface area contributed by atoms with Gasteiger partial charge >= 0.3 is 0 Å². The van der Waals surface area contributed by atoms with Gasteiger partial charge in [0.2, 0.25) is 11.8 Å². The molecule has 1 unspecified atom stereocenters. The van der Waals surface area contributed by atoms with E-state index in [-0.39, 0.29) is 17.6 Å². The second-order valence-corrected chi connectivity index (χ2v) is 9.26. The van der Waals surface area contributed by atoms with E-state index >= 15 is 0 Å². The van der Waals surface area contributed by atoms with E-state index in [1.165, 1.54) is 11.8 Å². The van der Waals surface area contributed by atoms with Gasteiger partial charge in [-0.3, -0.25) is 9.59 Å². The molecule has 2 amide bonds. The summed E-state index contributed by atoms with van der Waals surface area (Å²) in [5.41, 5.74) is 2.94. The zero-order valence-electron chi connectivity index (χ0n) is 18.3. The number of aryl methyl sites for hydroxylation is 1. The van der Waals surface area contributed by atoms with E-state index in [2.05, 4.69) is 12.2 Å². The fourth-order valence-electron chi connectivity index (χ4n) is 3.08. The van der Waals surface area contributed by atoms with Crippen molar-refractivity contribution in [3.05, 3.63) is 69.2 Å². The minimum atomic E-state index is -0.562. The zero-order chi connectivity index (χ0) is 22.8. The molecule has 1 atom stereocenters. The Balaban J connectivity index is 2.09. The molecular formula is C24H30Cl2N2O2S.